The maximum absolute atomic E-state index is 12.1. The lowest BCUT2D eigenvalue weighted by Crippen LogP contribution is -2.02. The molecular formula is C13H10ClNO. The van der Waals surface area contributed by atoms with Crippen LogP contribution in [0.2, 0.25) is 5.02 Å². The first-order chi connectivity index (χ1) is 7.68. The van der Waals surface area contributed by atoms with Crippen molar-refractivity contribution >= 4 is 17.4 Å². The van der Waals surface area contributed by atoms with Gasteiger partial charge >= 0.3 is 0 Å². The Morgan fingerprint density at radius 2 is 2.00 bits per heavy atom. The predicted octanol–water partition coefficient (Wildman–Crippen LogP) is 3.27. The lowest BCUT2D eigenvalue weighted by molar-refractivity contribution is 0.103. The number of ketones is 1. The summed E-state index contributed by atoms with van der Waals surface area (Å²) in [7, 11) is 0. The van der Waals surface area contributed by atoms with Gasteiger partial charge in [-0.15, -0.1) is 0 Å². The number of hydrogen-bond acceptors (Lipinski definition) is 2. The third-order valence-corrected chi connectivity index (χ3v) is 2.59. The maximum atomic E-state index is 12.1. The number of aromatic nitrogens is 1. The fourth-order valence-corrected chi connectivity index (χ4v) is 1.70. The van der Waals surface area contributed by atoms with Crippen molar-refractivity contribution in [2.24, 2.45) is 0 Å². The summed E-state index contributed by atoms with van der Waals surface area (Å²) in [6.07, 6.45) is 3.27. The first-order valence-corrected chi connectivity index (χ1v) is 5.27. The average Bonchev–Trinajstić information content (AvgIpc) is 2.29. The molecule has 0 saturated heterocycles. The van der Waals surface area contributed by atoms with Gasteiger partial charge in [0.15, 0.2) is 5.78 Å². The van der Waals surface area contributed by atoms with Crippen molar-refractivity contribution in [3.8, 4) is 0 Å². The van der Waals surface area contributed by atoms with Crippen molar-refractivity contribution in [3.05, 3.63) is 64.4 Å². The van der Waals surface area contributed by atoms with Crippen LogP contribution in [-0.4, -0.2) is 10.8 Å². The van der Waals surface area contributed by atoms with Crippen LogP contribution in [0.3, 0.4) is 0 Å². The van der Waals surface area contributed by atoms with Crippen LogP contribution >= 0.6 is 11.6 Å². The van der Waals surface area contributed by atoms with Crippen LogP contribution in [0.4, 0.5) is 0 Å². The van der Waals surface area contributed by atoms with E-state index in [1.54, 1.807) is 42.7 Å². The van der Waals surface area contributed by atoms with Crippen molar-refractivity contribution in [1.29, 1.82) is 0 Å². The number of benzene rings is 1. The summed E-state index contributed by atoms with van der Waals surface area (Å²) in [5, 5.41) is 0.467. The zero-order chi connectivity index (χ0) is 11.5. The molecule has 0 spiro atoms. The third kappa shape index (κ3) is 2.12. The van der Waals surface area contributed by atoms with Crippen molar-refractivity contribution < 1.29 is 4.79 Å². The molecule has 0 atom stereocenters. The molecule has 0 N–H and O–H groups in total. The van der Waals surface area contributed by atoms with E-state index in [4.69, 9.17) is 11.6 Å². The second-order valence-corrected chi connectivity index (χ2v) is 3.97. The van der Waals surface area contributed by atoms with Crippen molar-refractivity contribution in [1.82, 2.24) is 4.98 Å². The van der Waals surface area contributed by atoms with E-state index in [0.29, 0.717) is 16.1 Å². The molecular weight excluding hydrogens is 222 g/mol. The van der Waals surface area contributed by atoms with Gasteiger partial charge in [-0.25, -0.2) is 0 Å². The topological polar surface area (TPSA) is 30.0 Å². The van der Waals surface area contributed by atoms with Crippen LogP contribution < -0.4 is 0 Å². The highest BCUT2D eigenvalue weighted by Crippen LogP contribution is 2.18. The Balaban J connectivity index is 2.44. The smallest absolute Gasteiger partial charge is 0.196 e. The van der Waals surface area contributed by atoms with Gasteiger partial charge in [0.1, 0.15) is 0 Å². The highest BCUT2D eigenvalue weighted by Gasteiger charge is 2.12. The lowest BCUT2D eigenvalue weighted by Gasteiger charge is -2.03. The summed E-state index contributed by atoms with van der Waals surface area (Å²) in [6, 6.07) is 8.82. The van der Waals surface area contributed by atoms with Gasteiger partial charge in [0.2, 0.25) is 0 Å². The van der Waals surface area contributed by atoms with Crippen LogP contribution in [0.5, 0.6) is 0 Å². The van der Waals surface area contributed by atoms with Gasteiger partial charge in [0.25, 0.3) is 0 Å². The van der Waals surface area contributed by atoms with Gasteiger partial charge in [0, 0.05) is 23.5 Å². The Bertz CT molecular complexity index is 537. The minimum absolute atomic E-state index is 0.0956. The molecule has 2 rings (SSSR count). The van der Waals surface area contributed by atoms with Gasteiger partial charge < -0.3 is 0 Å². The zero-order valence-electron chi connectivity index (χ0n) is 8.77. The number of aryl methyl sites for hydroxylation is 1. The van der Waals surface area contributed by atoms with Crippen LogP contribution in [0, 0.1) is 6.92 Å². The summed E-state index contributed by atoms with van der Waals surface area (Å²) in [5.74, 6) is -0.0956. The molecule has 2 nitrogen and oxygen atoms in total. The van der Waals surface area contributed by atoms with E-state index in [0.717, 1.165) is 5.56 Å². The summed E-state index contributed by atoms with van der Waals surface area (Å²) in [5.41, 5.74) is 2.03. The number of hydrogen-bond donors (Lipinski definition) is 0. The van der Waals surface area contributed by atoms with Gasteiger partial charge in [-0.1, -0.05) is 23.7 Å². The number of carbonyl (C=O) groups excluding carboxylic acids is 1. The van der Waals surface area contributed by atoms with Crippen molar-refractivity contribution in [2.45, 2.75) is 6.92 Å². The molecule has 1 heterocycles. The second-order valence-electron chi connectivity index (χ2n) is 3.56. The van der Waals surface area contributed by atoms with E-state index in [-0.39, 0.29) is 5.78 Å². The van der Waals surface area contributed by atoms with E-state index in [2.05, 4.69) is 4.98 Å². The molecule has 80 valence electrons. The van der Waals surface area contributed by atoms with E-state index in [9.17, 15) is 4.79 Å². The molecule has 0 bridgehead atoms. The number of pyridine rings is 1. The standard InChI is InChI=1S/C13H10ClNO/c1-9-6-10(8-15-7-9)13(16)11-4-2-3-5-12(11)14/h2-8H,1H3. The summed E-state index contributed by atoms with van der Waals surface area (Å²) in [4.78, 5) is 16.1. The predicted molar refractivity (Wildman–Crippen MR) is 63.9 cm³/mol. The first-order valence-electron chi connectivity index (χ1n) is 4.89. The van der Waals surface area contributed by atoms with Gasteiger partial charge in [0.05, 0.1) is 5.02 Å². The van der Waals surface area contributed by atoms with Crippen molar-refractivity contribution in [2.75, 3.05) is 0 Å². The molecule has 1 aromatic heterocycles. The van der Waals surface area contributed by atoms with E-state index in [1.165, 1.54) is 0 Å². The van der Waals surface area contributed by atoms with E-state index >= 15 is 0 Å². The van der Waals surface area contributed by atoms with Crippen LogP contribution in [-0.2, 0) is 0 Å². The SMILES string of the molecule is Cc1cncc(C(=O)c2ccccc2Cl)c1. The molecule has 0 unspecified atom stereocenters. The summed E-state index contributed by atoms with van der Waals surface area (Å²) < 4.78 is 0. The normalized spacial score (nSPS) is 10.1. The van der Waals surface area contributed by atoms with Gasteiger partial charge in [-0.05, 0) is 30.7 Å². The molecule has 0 aliphatic rings. The monoisotopic (exact) mass is 231 g/mol. The second kappa shape index (κ2) is 4.45. The van der Waals surface area contributed by atoms with E-state index < -0.39 is 0 Å². The molecule has 0 aliphatic heterocycles. The molecule has 0 radical (unpaired) electrons. The summed E-state index contributed by atoms with van der Waals surface area (Å²) in [6.45, 7) is 1.90. The summed E-state index contributed by atoms with van der Waals surface area (Å²) >= 11 is 5.97. The number of rotatable bonds is 2. The molecule has 2 aromatic rings. The molecule has 3 heteroatoms. The Kier molecular flexibility index (Phi) is 3.02. The number of carbonyl (C=O) groups is 1. The average molecular weight is 232 g/mol. The first kappa shape index (κ1) is 10.8. The largest absolute Gasteiger partial charge is 0.288 e. The van der Waals surface area contributed by atoms with Crippen LogP contribution in [0.1, 0.15) is 21.5 Å². The van der Waals surface area contributed by atoms with Crippen molar-refractivity contribution in [3.63, 3.8) is 0 Å². The Hall–Kier alpha value is -1.67. The van der Waals surface area contributed by atoms with Crippen LogP contribution in [0.25, 0.3) is 0 Å². The van der Waals surface area contributed by atoms with Crippen LogP contribution in [0.15, 0.2) is 42.7 Å². The highest BCUT2D eigenvalue weighted by molar-refractivity contribution is 6.34. The highest BCUT2D eigenvalue weighted by atomic mass is 35.5. The minimum Gasteiger partial charge on any atom is -0.288 e. The number of halogens is 1. The third-order valence-electron chi connectivity index (χ3n) is 2.26. The Morgan fingerprint density at radius 1 is 1.25 bits per heavy atom. The zero-order valence-corrected chi connectivity index (χ0v) is 9.53. The minimum atomic E-state index is -0.0956. The lowest BCUT2D eigenvalue weighted by atomic mass is 10.0. The van der Waals surface area contributed by atoms with Gasteiger partial charge in [-0.2, -0.15) is 0 Å². The Morgan fingerprint density at radius 3 is 2.69 bits per heavy atom. The molecule has 0 fully saturated rings. The fraction of sp³-hybridized carbons (Fsp3) is 0.0769. The maximum Gasteiger partial charge on any atom is 0.196 e. The van der Waals surface area contributed by atoms with Gasteiger partial charge in [-0.3, -0.25) is 9.78 Å². The fourth-order valence-electron chi connectivity index (χ4n) is 1.48. The van der Waals surface area contributed by atoms with E-state index in [1.807, 2.05) is 6.92 Å². The molecule has 0 aliphatic carbocycles. The molecule has 16 heavy (non-hydrogen) atoms. The quantitative estimate of drug-likeness (QED) is 0.743. The Labute approximate surface area is 98.9 Å². The molecule has 1 aromatic carbocycles. The number of nitrogens with zero attached hydrogens (tertiary/aromatic N) is 1. The molecule has 0 amide bonds. The molecule has 0 saturated carbocycles.